The molecule has 0 spiro atoms. The maximum atomic E-state index is 11.1. The van der Waals surface area contributed by atoms with Crippen LogP contribution in [0.25, 0.3) is 0 Å². The molecule has 18 heavy (non-hydrogen) atoms. The first-order valence-corrected chi connectivity index (χ1v) is 6.34. The van der Waals surface area contributed by atoms with Crippen molar-refractivity contribution in [1.29, 1.82) is 0 Å². The molecule has 103 valence electrons. The third kappa shape index (κ3) is 2.57. The van der Waals surface area contributed by atoms with Crippen LogP contribution in [0.1, 0.15) is 0 Å². The zero-order valence-corrected chi connectivity index (χ0v) is 12.3. The van der Waals surface area contributed by atoms with Crippen LogP contribution < -0.4 is 10.6 Å². The molecule has 1 radical (unpaired) electrons. The van der Waals surface area contributed by atoms with E-state index in [2.05, 4.69) is 17.7 Å². The molecule has 2 saturated heterocycles. The smallest absolute Gasteiger partial charge is 0.321 e. The van der Waals surface area contributed by atoms with E-state index < -0.39 is 17.1 Å². The Morgan fingerprint density at radius 2 is 2.39 bits per heavy atom. The predicted molar refractivity (Wildman–Crippen MR) is 63.5 cm³/mol. The van der Waals surface area contributed by atoms with E-state index in [4.69, 9.17) is 9.94 Å². The van der Waals surface area contributed by atoms with Gasteiger partial charge in [0.15, 0.2) is 0 Å². The Balaban J connectivity index is 0.00000162. The fourth-order valence-electron chi connectivity index (χ4n) is 2.09. The summed E-state index contributed by atoms with van der Waals surface area (Å²) in [5, 5.41) is 16.4. The zero-order chi connectivity index (χ0) is 12.5. The Kier molecular flexibility index (Phi) is 5.94. The number of carbonyl (C=O) groups is 1. The SMILES string of the molecule is [CH2-]NCCNC12SCC(C(=O)O)N1CN2OC.[V]. The minimum atomic E-state index is -0.785. The van der Waals surface area contributed by atoms with E-state index >= 15 is 0 Å². The summed E-state index contributed by atoms with van der Waals surface area (Å²) < 4.78 is 0. The first kappa shape index (κ1) is 16.3. The normalized spacial score (nSPS) is 31.6. The van der Waals surface area contributed by atoms with E-state index in [1.807, 2.05) is 4.90 Å². The van der Waals surface area contributed by atoms with Gasteiger partial charge in [-0.25, -0.2) is 4.90 Å². The Morgan fingerprint density at radius 3 is 2.94 bits per heavy atom. The first-order valence-electron chi connectivity index (χ1n) is 5.36. The molecular weight excluding hydrogens is 295 g/mol. The number of carboxylic acids is 1. The minimum Gasteiger partial charge on any atom is -0.480 e. The van der Waals surface area contributed by atoms with Crippen LogP contribution >= 0.6 is 11.8 Å². The van der Waals surface area contributed by atoms with Gasteiger partial charge in [-0.05, 0) is 6.54 Å². The largest absolute Gasteiger partial charge is 0.480 e. The van der Waals surface area contributed by atoms with Crippen molar-refractivity contribution in [3.05, 3.63) is 7.05 Å². The summed E-state index contributed by atoms with van der Waals surface area (Å²) in [7, 11) is 5.13. The molecule has 2 unspecified atom stereocenters. The molecule has 0 saturated carbocycles. The summed E-state index contributed by atoms with van der Waals surface area (Å²) in [5.41, 5.74) is 0. The summed E-state index contributed by atoms with van der Waals surface area (Å²) in [5.74, 6) is -0.229. The predicted octanol–water partition coefficient (Wildman–Crippen LogP) is -1.10. The summed E-state index contributed by atoms with van der Waals surface area (Å²) >= 11 is 1.55. The van der Waals surface area contributed by atoms with Crippen molar-refractivity contribution in [2.24, 2.45) is 0 Å². The van der Waals surface area contributed by atoms with Crippen molar-refractivity contribution in [2.45, 2.75) is 11.2 Å². The number of nitrogens with one attached hydrogen (secondary N) is 2. The molecule has 0 amide bonds. The van der Waals surface area contributed by atoms with E-state index in [0.717, 1.165) is 0 Å². The maximum Gasteiger partial charge on any atom is 0.321 e. The standard InChI is InChI=1S/C9H17N4O3S.V/c1-10-3-4-11-9-12(6-13(9)16-2)7(5-17-9)8(14)15;/h7,10-11H,1,3-6H2,2H3,(H,14,15);/q-1;. The average molecular weight is 312 g/mol. The van der Waals surface area contributed by atoms with Gasteiger partial charge in [0.05, 0.1) is 13.8 Å². The van der Waals surface area contributed by atoms with Gasteiger partial charge in [-0.15, -0.1) is 16.8 Å². The summed E-state index contributed by atoms with van der Waals surface area (Å²) in [6.45, 7) is 1.91. The van der Waals surface area contributed by atoms with Crippen LogP contribution in [0, 0.1) is 7.05 Å². The number of nitrogens with zero attached hydrogens (tertiary/aromatic N) is 2. The van der Waals surface area contributed by atoms with Gasteiger partial charge in [-0.2, -0.15) is 0 Å². The topological polar surface area (TPSA) is 77.1 Å². The van der Waals surface area contributed by atoms with Crippen LogP contribution in [-0.2, 0) is 28.2 Å². The van der Waals surface area contributed by atoms with E-state index in [-0.39, 0.29) is 18.6 Å². The van der Waals surface area contributed by atoms with Crippen LogP contribution in [0.2, 0.25) is 0 Å². The maximum absolute atomic E-state index is 11.1. The summed E-state index contributed by atoms with van der Waals surface area (Å²) in [4.78, 5) is 18.2. The Labute approximate surface area is 122 Å². The van der Waals surface area contributed by atoms with E-state index in [9.17, 15) is 4.79 Å². The van der Waals surface area contributed by atoms with Gasteiger partial charge in [0.25, 0.3) is 0 Å². The molecule has 0 aliphatic carbocycles. The van der Waals surface area contributed by atoms with Gasteiger partial charge < -0.3 is 10.4 Å². The van der Waals surface area contributed by atoms with Crippen molar-refractivity contribution in [2.75, 3.05) is 32.6 Å². The molecule has 2 atom stereocenters. The molecule has 0 aromatic carbocycles. The second-order valence-corrected chi connectivity index (χ2v) is 5.06. The van der Waals surface area contributed by atoms with Gasteiger partial charge >= 0.3 is 5.97 Å². The van der Waals surface area contributed by atoms with Gasteiger partial charge in [0.2, 0.25) is 5.12 Å². The van der Waals surface area contributed by atoms with Crippen molar-refractivity contribution in [3.63, 3.8) is 0 Å². The van der Waals surface area contributed by atoms with Crippen molar-refractivity contribution in [3.8, 4) is 0 Å². The van der Waals surface area contributed by atoms with Gasteiger partial charge in [-0.3, -0.25) is 22.0 Å². The van der Waals surface area contributed by atoms with Crippen LogP contribution in [0.5, 0.6) is 0 Å². The Hall–Kier alpha value is 0.204. The molecule has 9 heteroatoms. The number of thioether (sulfide) groups is 1. The first-order chi connectivity index (χ1) is 8.15. The monoisotopic (exact) mass is 312 g/mol. The van der Waals surface area contributed by atoms with Gasteiger partial charge in [0, 0.05) is 30.9 Å². The number of hydrogen-bond acceptors (Lipinski definition) is 7. The summed E-state index contributed by atoms with van der Waals surface area (Å²) in [6, 6.07) is -0.452. The number of rotatable bonds is 6. The van der Waals surface area contributed by atoms with Gasteiger partial charge in [0.1, 0.15) is 6.04 Å². The molecule has 3 N–H and O–H groups in total. The molecule has 0 aromatic heterocycles. The van der Waals surface area contributed by atoms with Crippen molar-refractivity contribution >= 4 is 17.7 Å². The molecule has 2 aliphatic heterocycles. The Bertz CT molecular complexity index is 312. The molecule has 0 bridgehead atoms. The van der Waals surface area contributed by atoms with Crippen LogP contribution in [-0.4, -0.2) is 64.8 Å². The number of fused-ring (bicyclic) bond motifs is 1. The fraction of sp³-hybridized carbons (Fsp3) is 0.778. The second-order valence-electron chi connectivity index (χ2n) is 3.87. The van der Waals surface area contributed by atoms with E-state index in [1.165, 1.54) is 0 Å². The quantitative estimate of drug-likeness (QED) is 0.422. The molecule has 2 rings (SSSR count). The molecule has 2 aliphatic rings. The molecule has 2 heterocycles. The van der Waals surface area contributed by atoms with E-state index in [1.54, 1.807) is 23.9 Å². The third-order valence-corrected chi connectivity index (χ3v) is 4.46. The second kappa shape index (κ2) is 6.58. The minimum absolute atomic E-state index is 0. The van der Waals surface area contributed by atoms with Crippen LogP contribution in [0.15, 0.2) is 0 Å². The molecular formula is C9H17N4O3SV-. The number of aliphatic carboxylic acids is 1. The Morgan fingerprint density at radius 1 is 1.67 bits per heavy atom. The molecule has 2 fully saturated rings. The van der Waals surface area contributed by atoms with Crippen LogP contribution in [0.3, 0.4) is 0 Å². The van der Waals surface area contributed by atoms with Crippen LogP contribution in [0.4, 0.5) is 0 Å². The molecule has 7 nitrogen and oxygen atoms in total. The fourth-order valence-corrected chi connectivity index (χ4v) is 3.63. The third-order valence-electron chi connectivity index (χ3n) is 2.99. The van der Waals surface area contributed by atoms with E-state index in [0.29, 0.717) is 25.5 Å². The number of hydrogen-bond donors (Lipinski definition) is 3. The average Bonchev–Trinajstić information content (AvgIpc) is 2.56. The summed E-state index contributed by atoms with van der Waals surface area (Å²) in [6.07, 6.45) is 0. The molecule has 0 aromatic rings. The number of carboxylic acid groups (broad SMARTS) is 1. The van der Waals surface area contributed by atoms with Crippen molar-refractivity contribution in [1.82, 2.24) is 20.6 Å². The number of hydroxylamine groups is 2. The van der Waals surface area contributed by atoms with Gasteiger partial charge in [-0.1, -0.05) is 0 Å². The van der Waals surface area contributed by atoms with Crippen molar-refractivity contribution < 1.29 is 33.3 Å². The zero-order valence-electron chi connectivity index (χ0n) is 10.1.